The Bertz CT molecular complexity index is 737. The first kappa shape index (κ1) is 16.1. The number of ether oxygens (including phenoxy) is 1. The lowest BCUT2D eigenvalue weighted by Crippen LogP contribution is -2.41. The fourth-order valence-electron chi connectivity index (χ4n) is 3.27. The minimum Gasteiger partial charge on any atom is -0.399 e. The van der Waals surface area contributed by atoms with Crippen LogP contribution in [0.3, 0.4) is 0 Å². The highest BCUT2D eigenvalue weighted by Crippen LogP contribution is 2.37. The van der Waals surface area contributed by atoms with Gasteiger partial charge in [0.1, 0.15) is 0 Å². The van der Waals surface area contributed by atoms with Crippen molar-refractivity contribution in [1.29, 1.82) is 0 Å². The van der Waals surface area contributed by atoms with Crippen LogP contribution in [0, 0.1) is 0 Å². The molecule has 0 bridgehead atoms. The van der Waals surface area contributed by atoms with Crippen molar-refractivity contribution < 1.29 is 14.0 Å². The van der Waals surface area contributed by atoms with E-state index in [2.05, 4.69) is 37.8 Å². The van der Waals surface area contributed by atoms with Crippen LogP contribution in [0.2, 0.25) is 0 Å². The summed E-state index contributed by atoms with van der Waals surface area (Å²) in [5.41, 5.74) is 1.07. The lowest BCUT2D eigenvalue weighted by molar-refractivity contribution is -0.0370. The summed E-state index contributed by atoms with van der Waals surface area (Å²) in [4.78, 5) is 4.53. The van der Waals surface area contributed by atoms with Crippen LogP contribution < -0.4 is 5.46 Å². The van der Waals surface area contributed by atoms with E-state index in [0.29, 0.717) is 0 Å². The van der Waals surface area contributed by atoms with Gasteiger partial charge in [-0.25, -0.2) is 9.67 Å². The number of fused-ring (bicyclic) bond motifs is 1. The summed E-state index contributed by atoms with van der Waals surface area (Å²) in [6, 6.07) is 1.96. The Morgan fingerprint density at radius 1 is 1.17 bits per heavy atom. The Hall–Kier alpha value is -1.44. The molecule has 2 aliphatic heterocycles. The molecule has 6 nitrogen and oxygen atoms in total. The van der Waals surface area contributed by atoms with Gasteiger partial charge in [-0.2, -0.15) is 5.10 Å². The molecule has 0 amide bonds. The maximum absolute atomic E-state index is 6.19. The van der Waals surface area contributed by atoms with Crippen molar-refractivity contribution in [3.05, 3.63) is 18.5 Å². The summed E-state index contributed by atoms with van der Waals surface area (Å²) < 4.78 is 20.1. The van der Waals surface area contributed by atoms with Gasteiger partial charge in [-0.15, -0.1) is 0 Å². The largest absolute Gasteiger partial charge is 0.495 e. The Balaban J connectivity index is 1.72. The molecule has 2 aromatic rings. The molecule has 0 saturated carbocycles. The van der Waals surface area contributed by atoms with Crippen molar-refractivity contribution >= 4 is 23.6 Å². The van der Waals surface area contributed by atoms with Gasteiger partial charge in [0.25, 0.3) is 0 Å². The van der Waals surface area contributed by atoms with Crippen LogP contribution in [0.15, 0.2) is 18.5 Å². The Labute approximate surface area is 142 Å². The van der Waals surface area contributed by atoms with Gasteiger partial charge in [-0.1, -0.05) is 0 Å². The van der Waals surface area contributed by atoms with Gasteiger partial charge in [0, 0.05) is 18.2 Å². The summed E-state index contributed by atoms with van der Waals surface area (Å²) >= 11 is 0. The van der Waals surface area contributed by atoms with Gasteiger partial charge in [0.15, 0.2) is 11.9 Å². The average Bonchev–Trinajstić information content (AvgIpc) is 3.06. The van der Waals surface area contributed by atoms with Crippen molar-refractivity contribution in [2.45, 2.75) is 64.4 Å². The lowest BCUT2D eigenvalue weighted by atomic mass is 9.78. The first-order valence-electron chi connectivity index (χ1n) is 8.68. The number of hydrogen-bond donors (Lipinski definition) is 0. The lowest BCUT2D eigenvalue weighted by Gasteiger charge is -2.32. The van der Waals surface area contributed by atoms with Gasteiger partial charge in [0.2, 0.25) is 0 Å². The fourth-order valence-corrected chi connectivity index (χ4v) is 3.27. The molecule has 4 heterocycles. The molecular weight excluding hydrogens is 305 g/mol. The van der Waals surface area contributed by atoms with E-state index in [1.165, 1.54) is 0 Å². The first-order valence-corrected chi connectivity index (χ1v) is 8.68. The summed E-state index contributed by atoms with van der Waals surface area (Å²) in [6.45, 7) is 9.02. The third kappa shape index (κ3) is 2.46. The maximum atomic E-state index is 6.19. The average molecular weight is 329 g/mol. The molecule has 1 atom stereocenters. The summed E-state index contributed by atoms with van der Waals surface area (Å²) in [6.07, 6.45) is 6.85. The number of aromatic nitrogens is 3. The summed E-state index contributed by atoms with van der Waals surface area (Å²) in [5, 5.41) is 5.50. The van der Waals surface area contributed by atoms with E-state index in [0.717, 1.165) is 42.4 Å². The predicted molar refractivity (Wildman–Crippen MR) is 92.1 cm³/mol. The minimum absolute atomic E-state index is 0.0303. The van der Waals surface area contributed by atoms with Crippen molar-refractivity contribution in [2.75, 3.05) is 6.61 Å². The topological polar surface area (TPSA) is 58.4 Å². The number of hydrogen-bond acceptors (Lipinski definition) is 5. The van der Waals surface area contributed by atoms with E-state index in [1.807, 2.05) is 16.9 Å². The van der Waals surface area contributed by atoms with Crippen molar-refractivity contribution in [3.63, 3.8) is 0 Å². The Morgan fingerprint density at radius 2 is 1.92 bits per heavy atom. The van der Waals surface area contributed by atoms with Crippen molar-refractivity contribution in [1.82, 2.24) is 14.8 Å². The van der Waals surface area contributed by atoms with Gasteiger partial charge in [-0.3, -0.25) is 0 Å². The number of nitrogens with zero attached hydrogens (tertiary/aromatic N) is 3. The normalized spacial score (nSPS) is 26.2. The predicted octanol–water partition coefficient (Wildman–Crippen LogP) is 2.43. The molecule has 0 aromatic carbocycles. The molecule has 2 aromatic heterocycles. The first-order chi connectivity index (χ1) is 11.4. The van der Waals surface area contributed by atoms with Crippen LogP contribution in [-0.4, -0.2) is 39.7 Å². The second-order valence-corrected chi connectivity index (χ2v) is 7.64. The molecule has 0 aliphatic carbocycles. The second kappa shape index (κ2) is 5.54. The number of rotatable bonds is 2. The molecule has 0 N–H and O–H groups in total. The molecule has 2 saturated heterocycles. The van der Waals surface area contributed by atoms with Crippen LogP contribution in [0.5, 0.6) is 0 Å². The summed E-state index contributed by atoms with van der Waals surface area (Å²) in [5.74, 6) is 0. The smallest absolute Gasteiger partial charge is 0.399 e. The molecule has 0 spiro atoms. The zero-order chi connectivity index (χ0) is 16.9. The Kier molecular flexibility index (Phi) is 3.71. The fraction of sp³-hybridized carbons (Fsp3) is 0.647. The van der Waals surface area contributed by atoms with Gasteiger partial charge in [-0.05, 0) is 58.5 Å². The van der Waals surface area contributed by atoms with Crippen LogP contribution in [0.4, 0.5) is 0 Å². The molecule has 4 rings (SSSR count). The monoisotopic (exact) mass is 329 g/mol. The highest BCUT2D eigenvalue weighted by Gasteiger charge is 2.52. The number of pyridine rings is 1. The van der Waals surface area contributed by atoms with Crippen molar-refractivity contribution in [2.24, 2.45) is 0 Å². The molecule has 7 heteroatoms. The van der Waals surface area contributed by atoms with E-state index in [9.17, 15) is 0 Å². The second-order valence-electron chi connectivity index (χ2n) is 7.64. The molecule has 1 unspecified atom stereocenters. The van der Waals surface area contributed by atoms with Crippen LogP contribution in [-0.2, 0) is 14.0 Å². The van der Waals surface area contributed by atoms with Crippen LogP contribution >= 0.6 is 0 Å². The molecule has 2 aliphatic rings. The summed E-state index contributed by atoms with van der Waals surface area (Å²) in [7, 11) is -0.412. The standard InChI is InChI=1S/C17H24BN3O3/c1-16(2)17(3,4)24-18(23-16)13-8-9-19-15-12(13)11-20-21(15)14-7-5-6-10-22-14/h8-9,11,14H,5-7,10H2,1-4H3. The van der Waals surface area contributed by atoms with Gasteiger partial charge >= 0.3 is 7.12 Å². The molecule has 128 valence electrons. The van der Waals surface area contributed by atoms with Crippen molar-refractivity contribution in [3.8, 4) is 0 Å². The van der Waals surface area contributed by atoms with Crippen LogP contribution in [0.1, 0.15) is 53.2 Å². The zero-order valence-electron chi connectivity index (χ0n) is 14.8. The SMILES string of the molecule is CC1(C)OB(c2ccnc3c2cnn3C2CCCCO2)OC1(C)C. The third-order valence-corrected chi connectivity index (χ3v) is 5.47. The van der Waals surface area contributed by atoms with Gasteiger partial charge in [0.05, 0.1) is 17.4 Å². The molecule has 24 heavy (non-hydrogen) atoms. The van der Waals surface area contributed by atoms with E-state index in [4.69, 9.17) is 14.0 Å². The molecule has 2 fully saturated rings. The van der Waals surface area contributed by atoms with E-state index in [-0.39, 0.29) is 17.4 Å². The minimum atomic E-state index is -0.412. The Morgan fingerprint density at radius 3 is 2.58 bits per heavy atom. The van der Waals surface area contributed by atoms with Crippen LogP contribution in [0.25, 0.3) is 11.0 Å². The van der Waals surface area contributed by atoms with Gasteiger partial charge < -0.3 is 14.0 Å². The highest BCUT2D eigenvalue weighted by atomic mass is 16.7. The zero-order valence-corrected chi connectivity index (χ0v) is 14.8. The van der Waals surface area contributed by atoms with E-state index in [1.54, 1.807) is 6.20 Å². The highest BCUT2D eigenvalue weighted by molar-refractivity contribution is 6.65. The van der Waals surface area contributed by atoms with E-state index < -0.39 is 7.12 Å². The maximum Gasteiger partial charge on any atom is 0.495 e. The molecular formula is C17H24BN3O3. The molecule has 0 radical (unpaired) electrons. The van der Waals surface area contributed by atoms with E-state index >= 15 is 0 Å². The third-order valence-electron chi connectivity index (χ3n) is 5.47. The quantitative estimate of drug-likeness (QED) is 0.792.